The second-order valence-electron chi connectivity index (χ2n) is 1.81. The number of hydrogen-bond acceptors (Lipinski definition) is 3. The molecule has 0 heterocycles. The Bertz CT molecular complexity index is 157. The van der Waals surface area contributed by atoms with Gasteiger partial charge in [-0.05, 0) is 0 Å². The highest BCUT2D eigenvalue weighted by Crippen LogP contribution is 1.86. The zero-order valence-corrected chi connectivity index (χ0v) is 6.32. The third kappa shape index (κ3) is 4.16. The molecule has 1 amide bonds. The van der Waals surface area contributed by atoms with E-state index >= 15 is 0 Å². The second kappa shape index (κ2) is 5.49. The molecule has 11 heavy (non-hydrogen) atoms. The smallest absolute Gasteiger partial charge is 0.424 e. The number of carbonyl (C=O) groups excluding carboxylic acids is 1. The summed E-state index contributed by atoms with van der Waals surface area (Å²) < 4.78 is 4.60. The van der Waals surface area contributed by atoms with Crippen molar-refractivity contribution in [3.05, 3.63) is 25.3 Å². The van der Waals surface area contributed by atoms with Crippen molar-refractivity contribution >= 4 is 6.09 Å². The van der Waals surface area contributed by atoms with E-state index in [0.29, 0.717) is 0 Å². The van der Waals surface area contributed by atoms with E-state index in [0.717, 1.165) is 5.01 Å². The first-order valence-electron chi connectivity index (χ1n) is 3.13. The van der Waals surface area contributed by atoms with Crippen LogP contribution in [-0.2, 0) is 4.74 Å². The molecule has 2 N–H and O–H groups in total. The van der Waals surface area contributed by atoms with Crippen molar-refractivity contribution < 1.29 is 9.53 Å². The molecule has 0 fully saturated rings. The summed E-state index contributed by atoms with van der Waals surface area (Å²) in [6.07, 6.45) is 2.40. The highest BCUT2D eigenvalue weighted by atomic mass is 16.6. The van der Waals surface area contributed by atoms with Crippen molar-refractivity contribution in [3.63, 3.8) is 0 Å². The molecule has 0 aromatic heterocycles. The zero-order valence-electron chi connectivity index (χ0n) is 6.32. The molecule has 4 nitrogen and oxygen atoms in total. The molecule has 0 radical (unpaired) electrons. The molecule has 0 aromatic rings. The van der Waals surface area contributed by atoms with Gasteiger partial charge in [0.1, 0.15) is 6.61 Å². The van der Waals surface area contributed by atoms with Gasteiger partial charge in [0.05, 0.1) is 6.54 Å². The summed E-state index contributed by atoms with van der Waals surface area (Å²) in [5, 5.41) is 0.927. The first-order chi connectivity index (χ1) is 5.22. The largest absolute Gasteiger partial charge is 0.444 e. The van der Waals surface area contributed by atoms with Gasteiger partial charge in [0.25, 0.3) is 0 Å². The molecule has 0 aliphatic rings. The molecule has 0 rings (SSSR count). The molecular formula is C7H12N2O2. The number of hydrazine groups is 1. The van der Waals surface area contributed by atoms with E-state index in [1.807, 2.05) is 0 Å². The Morgan fingerprint density at radius 1 is 1.55 bits per heavy atom. The third-order valence-electron chi connectivity index (χ3n) is 0.885. The minimum atomic E-state index is -0.579. The number of carbonyl (C=O) groups is 1. The van der Waals surface area contributed by atoms with Crippen LogP contribution < -0.4 is 5.84 Å². The first-order valence-corrected chi connectivity index (χ1v) is 3.13. The van der Waals surface area contributed by atoms with Crippen molar-refractivity contribution in [1.82, 2.24) is 5.01 Å². The molecular weight excluding hydrogens is 144 g/mol. The van der Waals surface area contributed by atoms with Crippen LogP contribution in [0.15, 0.2) is 25.3 Å². The Balaban J connectivity index is 3.62. The highest BCUT2D eigenvalue weighted by Gasteiger charge is 2.06. The van der Waals surface area contributed by atoms with Crippen LogP contribution in [0.2, 0.25) is 0 Å². The summed E-state index contributed by atoms with van der Waals surface area (Å²) in [6, 6.07) is 0. The summed E-state index contributed by atoms with van der Waals surface area (Å²) in [5.74, 6) is 5.22. The lowest BCUT2D eigenvalue weighted by atomic mass is 10.6. The third-order valence-corrected chi connectivity index (χ3v) is 0.885. The maximum absolute atomic E-state index is 10.8. The van der Waals surface area contributed by atoms with Crippen molar-refractivity contribution in [2.45, 2.75) is 0 Å². The topological polar surface area (TPSA) is 55.6 Å². The van der Waals surface area contributed by atoms with Crippen LogP contribution in [0.1, 0.15) is 0 Å². The number of nitrogens with two attached hydrogens (primary N) is 1. The molecule has 0 aliphatic heterocycles. The molecule has 62 valence electrons. The van der Waals surface area contributed by atoms with Gasteiger partial charge >= 0.3 is 6.09 Å². The normalized spacial score (nSPS) is 8.45. The van der Waals surface area contributed by atoms with Crippen LogP contribution in [0, 0.1) is 0 Å². The summed E-state index contributed by atoms with van der Waals surface area (Å²) in [6.45, 7) is 7.24. The van der Waals surface area contributed by atoms with Crippen LogP contribution >= 0.6 is 0 Å². The van der Waals surface area contributed by atoms with Crippen LogP contribution in [-0.4, -0.2) is 24.3 Å². The van der Waals surface area contributed by atoms with Crippen LogP contribution in [0.25, 0.3) is 0 Å². The molecule has 0 spiro atoms. The van der Waals surface area contributed by atoms with Crippen molar-refractivity contribution in [1.29, 1.82) is 0 Å². The van der Waals surface area contributed by atoms with Gasteiger partial charge in [-0.3, -0.25) is 0 Å². The monoisotopic (exact) mass is 156 g/mol. The average Bonchev–Trinajstić information content (AvgIpc) is 2.00. The summed E-state index contributed by atoms with van der Waals surface area (Å²) in [5.41, 5.74) is 0. The summed E-state index contributed by atoms with van der Waals surface area (Å²) >= 11 is 0. The van der Waals surface area contributed by atoms with E-state index in [9.17, 15) is 4.79 Å². The maximum atomic E-state index is 10.8. The average molecular weight is 156 g/mol. The lowest BCUT2D eigenvalue weighted by molar-refractivity contribution is 0.117. The Kier molecular flexibility index (Phi) is 4.85. The van der Waals surface area contributed by atoms with Crippen molar-refractivity contribution in [2.24, 2.45) is 5.84 Å². The van der Waals surface area contributed by atoms with Gasteiger partial charge in [-0.25, -0.2) is 15.6 Å². The fourth-order valence-corrected chi connectivity index (χ4v) is 0.427. The van der Waals surface area contributed by atoms with Gasteiger partial charge in [0.2, 0.25) is 0 Å². The minimum Gasteiger partial charge on any atom is -0.444 e. The molecule has 0 unspecified atom stereocenters. The lowest BCUT2D eigenvalue weighted by Crippen LogP contribution is -2.37. The fourth-order valence-electron chi connectivity index (χ4n) is 0.427. The zero-order chi connectivity index (χ0) is 8.69. The van der Waals surface area contributed by atoms with Crippen LogP contribution in [0.4, 0.5) is 4.79 Å². The van der Waals surface area contributed by atoms with Crippen LogP contribution in [0.5, 0.6) is 0 Å². The molecule has 0 bridgehead atoms. The van der Waals surface area contributed by atoms with Gasteiger partial charge in [-0.1, -0.05) is 18.7 Å². The lowest BCUT2D eigenvalue weighted by Gasteiger charge is -2.12. The molecule has 0 aliphatic carbocycles. The number of hydrogen-bond donors (Lipinski definition) is 1. The number of amides is 1. The summed E-state index contributed by atoms with van der Waals surface area (Å²) in [4.78, 5) is 10.8. The second-order valence-corrected chi connectivity index (χ2v) is 1.81. The van der Waals surface area contributed by atoms with Crippen LogP contribution in [0.3, 0.4) is 0 Å². The quantitative estimate of drug-likeness (QED) is 0.282. The number of nitrogens with zero attached hydrogens (tertiary/aromatic N) is 1. The van der Waals surface area contributed by atoms with E-state index in [2.05, 4.69) is 17.9 Å². The van der Waals surface area contributed by atoms with Gasteiger partial charge in [-0.15, -0.1) is 6.58 Å². The van der Waals surface area contributed by atoms with E-state index in [-0.39, 0.29) is 13.2 Å². The minimum absolute atomic E-state index is 0.170. The van der Waals surface area contributed by atoms with E-state index in [1.165, 1.54) is 12.2 Å². The fraction of sp³-hybridized carbons (Fsp3) is 0.286. The number of ether oxygens (including phenoxy) is 1. The Labute approximate surface area is 65.9 Å². The predicted octanol–water partition coefficient (Wildman–Crippen LogP) is 0.671. The molecule has 0 atom stereocenters. The molecule has 4 heteroatoms. The first kappa shape index (κ1) is 9.71. The summed E-state index contributed by atoms with van der Waals surface area (Å²) in [7, 11) is 0. The Hall–Kier alpha value is -1.29. The predicted molar refractivity (Wildman–Crippen MR) is 42.6 cm³/mol. The standard InChI is InChI=1S/C7H12N2O2/c1-3-5-9(8)7(10)11-6-4-2/h3-4H,1-2,5-6,8H2. The van der Waals surface area contributed by atoms with Crippen molar-refractivity contribution in [2.75, 3.05) is 13.2 Å². The highest BCUT2D eigenvalue weighted by molar-refractivity contribution is 5.67. The van der Waals surface area contributed by atoms with Gasteiger partial charge in [0.15, 0.2) is 0 Å². The molecule has 0 aromatic carbocycles. The molecule has 0 saturated heterocycles. The number of rotatable bonds is 4. The van der Waals surface area contributed by atoms with Gasteiger partial charge < -0.3 is 4.74 Å². The van der Waals surface area contributed by atoms with Gasteiger partial charge in [0, 0.05) is 0 Å². The van der Waals surface area contributed by atoms with E-state index in [1.54, 1.807) is 0 Å². The molecule has 0 saturated carbocycles. The Morgan fingerprint density at radius 2 is 2.18 bits per heavy atom. The van der Waals surface area contributed by atoms with E-state index < -0.39 is 6.09 Å². The maximum Gasteiger partial charge on any atom is 0.424 e. The SMILES string of the molecule is C=CCOC(=O)N(N)CC=C. The van der Waals surface area contributed by atoms with Crippen molar-refractivity contribution in [3.8, 4) is 0 Å². The van der Waals surface area contributed by atoms with E-state index in [4.69, 9.17) is 5.84 Å². The Morgan fingerprint density at radius 3 is 2.64 bits per heavy atom. The van der Waals surface area contributed by atoms with Gasteiger partial charge in [-0.2, -0.15) is 0 Å².